The Balaban J connectivity index is 1.57. The van der Waals surface area contributed by atoms with Crippen molar-refractivity contribution in [3.63, 3.8) is 0 Å². The van der Waals surface area contributed by atoms with Gasteiger partial charge in [-0.25, -0.2) is 0 Å². The van der Waals surface area contributed by atoms with Crippen LogP contribution in [0, 0.1) is 0 Å². The smallest absolute Gasteiger partial charge is 0.0682 e. The number of rotatable bonds is 3. The molecular formula is C21H25NO. The second kappa shape index (κ2) is 6.46. The zero-order chi connectivity index (χ0) is 15.6. The topological polar surface area (TPSA) is 23.5 Å². The van der Waals surface area contributed by atoms with Gasteiger partial charge in [0.25, 0.3) is 0 Å². The molecule has 1 N–H and O–H groups in total. The van der Waals surface area contributed by atoms with Crippen LogP contribution in [0.25, 0.3) is 11.1 Å². The third-order valence-corrected chi connectivity index (χ3v) is 5.51. The van der Waals surface area contributed by atoms with Crippen molar-refractivity contribution in [2.24, 2.45) is 0 Å². The maximum atomic E-state index is 9.33. The average Bonchev–Trinajstić information content (AvgIpc) is 3.15. The molecule has 0 radical (unpaired) electrons. The summed E-state index contributed by atoms with van der Waals surface area (Å²) in [6.45, 7) is 2.70. The second-order valence-corrected chi connectivity index (χ2v) is 6.98. The van der Waals surface area contributed by atoms with Crippen molar-refractivity contribution in [3.8, 4) is 11.1 Å². The van der Waals surface area contributed by atoms with Crippen molar-refractivity contribution in [2.75, 3.05) is 13.1 Å². The SMILES string of the molecule is OCc1cccc(-c2ccc3c(c2)CCC(N2CCCC2)C3)c1. The molecule has 1 aliphatic carbocycles. The van der Waals surface area contributed by atoms with Gasteiger partial charge in [0.2, 0.25) is 0 Å². The highest BCUT2D eigenvalue weighted by atomic mass is 16.3. The number of aliphatic hydroxyl groups excluding tert-OH is 1. The highest BCUT2D eigenvalue weighted by Gasteiger charge is 2.26. The van der Waals surface area contributed by atoms with Gasteiger partial charge in [-0.15, -0.1) is 0 Å². The molecule has 4 rings (SSSR count). The summed E-state index contributed by atoms with van der Waals surface area (Å²) < 4.78 is 0. The molecule has 2 aromatic rings. The third-order valence-electron chi connectivity index (χ3n) is 5.51. The van der Waals surface area contributed by atoms with Crippen molar-refractivity contribution < 1.29 is 5.11 Å². The summed E-state index contributed by atoms with van der Waals surface area (Å²) in [7, 11) is 0. The largest absolute Gasteiger partial charge is 0.392 e. The zero-order valence-corrected chi connectivity index (χ0v) is 13.7. The Kier molecular flexibility index (Phi) is 4.19. The van der Waals surface area contributed by atoms with Crippen LogP contribution in [-0.4, -0.2) is 29.1 Å². The maximum Gasteiger partial charge on any atom is 0.0682 e. The molecule has 23 heavy (non-hydrogen) atoms. The summed E-state index contributed by atoms with van der Waals surface area (Å²) in [6, 6.07) is 15.9. The molecule has 2 aromatic carbocycles. The van der Waals surface area contributed by atoms with Crippen LogP contribution in [-0.2, 0) is 19.4 Å². The lowest BCUT2D eigenvalue weighted by atomic mass is 9.85. The number of fused-ring (bicyclic) bond motifs is 1. The van der Waals surface area contributed by atoms with Crippen molar-refractivity contribution >= 4 is 0 Å². The van der Waals surface area contributed by atoms with Crippen LogP contribution < -0.4 is 0 Å². The second-order valence-electron chi connectivity index (χ2n) is 6.98. The van der Waals surface area contributed by atoms with E-state index in [-0.39, 0.29) is 6.61 Å². The summed E-state index contributed by atoms with van der Waals surface area (Å²) in [5.74, 6) is 0. The van der Waals surface area contributed by atoms with E-state index in [2.05, 4.69) is 35.2 Å². The van der Waals surface area contributed by atoms with E-state index in [1.54, 1.807) is 0 Å². The normalized spacial score (nSPS) is 21.3. The van der Waals surface area contributed by atoms with Gasteiger partial charge in [-0.2, -0.15) is 0 Å². The fraction of sp³-hybridized carbons (Fsp3) is 0.429. The minimum Gasteiger partial charge on any atom is -0.392 e. The lowest BCUT2D eigenvalue weighted by Gasteiger charge is -2.32. The van der Waals surface area contributed by atoms with Crippen molar-refractivity contribution in [2.45, 2.75) is 44.8 Å². The summed E-state index contributed by atoms with van der Waals surface area (Å²) in [4.78, 5) is 2.70. The molecule has 0 spiro atoms. The number of nitrogens with zero attached hydrogens (tertiary/aromatic N) is 1. The Morgan fingerprint density at radius 2 is 1.78 bits per heavy atom. The first-order chi connectivity index (χ1) is 11.3. The van der Waals surface area contributed by atoms with Crippen molar-refractivity contribution in [1.29, 1.82) is 0 Å². The fourth-order valence-electron chi connectivity index (χ4n) is 4.18. The van der Waals surface area contributed by atoms with Crippen LogP contribution in [0.1, 0.15) is 36.0 Å². The number of benzene rings is 2. The Morgan fingerprint density at radius 1 is 0.957 bits per heavy atom. The standard InChI is InChI=1S/C21H25NO/c23-15-16-4-3-5-17(12-16)18-6-7-20-14-21(9-8-19(20)13-18)22-10-1-2-11-22/h3-7,12-13,21,23H,1-2,8-11,14-15H2. The first-order valence-corrected chi connectivity index (χ1v) is 8.89. The Hall–Kier alpha value is -1.64. The van der Waals surface area contributed by atoms with Gasteiger partial charge in [0.15, 0.2) is 0 Å². The number of aryl methyl sites for hydroxylation is 1. The number of hydrogen-bond donors (Lipinski definition) is 1. The van der Waals surface area contributed by atoms with E-state index in [1.165, 1.54) is 67.4 Å². The Morgan fingerprint density at radius 3 is 2.61 bits per heavy atom. The zero-order valence-electron chi connectivity index (χ0n) is 13.7. The molecule has 1 fully saturated rings. The Labute approximate surface area is 138 Å². The van der Waals surface area contributed by atoms with Gasteiger partial charge >= 0.3 is 0 Å². The monoisotopic (exact) mass is 307 g/mol. The van der Waals surface area contributed by atoms with Crippen LogP contribution in [0.15, 0.2) is 42.5 Å². The molecule has 120 valence electrons. The molecule has 2 heteroatoms. The molecule has 1 aliphatic heterocycles. The number of hydrogen-bond acceptors (Lipinski definition) is 2. The molecule has 0 saturated carbocycles. The van der Waals surface area contributed by atoms with Crippen LogP contribution in [0.3, 0.4) is 0 Å². The summed E-state index contributed by atoms with van der Waals surface area (Å²) in [6.07, 6.45) is 6.47. The molecule has 1 unspecified atom stereocenters. The molecule has 1 heterocycles. The van der Waals surface area contributed by atoms with Crippen LogP contribution in [0.4, 0.5) is 0 Å². The van der Waals surface area contributed by atoms with E-state index in [0.29, 0.717) is 0 Å². The van der Waals surface area contributed by atoms with Gasteiger partial charge in [-0.1, -0.05) is 36.4 Å². The van der Waals surface area contributed by atoms with E-state index < -0.39 is 0 Å². The molecular weight excluding hydrogens is 282 g/mol. The van der Waals surface area contributed by atoms with Gasteiger partial charge in [0.05, 0.1) is 6.61 Å². The van der Waals surface area contributed by atoms with E-state index >= 15 is 0 Å². The molecule has 2 nitrogen and oxygen atoms in total. The summed E-state index contributed by atoms with van der Waals surface area (Å²) in [5, 5.41) is 9.33. The van der Waals surface area contributed by atoms with Gasteiger partial charge in [-0.3, -0.25) is 0 Å². The number of aliphatic hydroxyl groups is 1. The van der Waals surface area contributed by atoms with Crippen molar-refractivity contribution in [1.82, 2.24) is 4.90 Å². The molecule has 1 atom stereocenters. The van der Waals surface area contributed by atoms with E-state index in [1.807, 2.05) is 12.1 Å². The lowest BCUT2D eigenvalue weighted by Crippen LogP contribution is -2.37. The first-order valence-electron chi connectivity index (χ1n) is 8.89. The third kappa shape index (κ3) is 3.06. The predicted molar refractivity (Wildman–Crippen MR) is 94.4 cm³/mol. The van der Waals surface area contributed by atoms with E-state index in [4.69, 9.17) is 0 Å². The predicted octanol–water partition coefficient (Wildman–Crippen LogP) is 3.80. The highest BCUT2D eigenvalue weighted by molar-refractivity contribution is 5.66. The highest BCUT2D eigenvalue weighted by Crippen LogP contribution is 2.30. The Bertz CT molecular complexity index is 688. The van der Waals surface area contributed by atoms with Gasteiger partial charge < -0.3 is 10.0 Å². The van der Waals surface area contributed by atoms with Gasteiger partial charge in [0.1, 0.15) is 0 Å². The van der Waals surface area contributed by atoms with Gasteiger partial charge in [0, 0.05) is 6.04 Å². The van der Waals surface area contributed by atoms with E-state index in [9.17, 15) is 5.11 Å². The van der Waals surface area contributed by atoms with Crippen LogP contribution in [0.2, 0.25) is 0 Å². The fourth-order valence-corrected chi connectivity index (χ4v) is 4.18. The van der Waals surface area contributed by atoms with Crippen molar-refractivity contribution in [3.05, 3.63) is 59.2 Å². The average molecular weight is 307 g/mol. The molecule has 1 saturated heterocycles. The minimum atomic E-state index is 0.107. The molecule has 0 amide bonds. The summed E-state index contributed by atoms with van der Waals surface area (Å²) >= 11 is 0. The first kappa shape index (κ1) is 14.9. The van der Waals surface area contributed by atoms with Crippen LogP contribution >= 0.6 is 0 Å². The van der Waals surface area contributed by atoms with Gasteiger partial charge in [-0.05, 0) is 79.1 Å². The lowest BCUT2D eigenvalue weighted by molar-refractivity contribution is 0.222. The minimum absolute atomic E-state index is 0.107. The number of likely N-dealkylation sites (tertiary alicyclic amines) is 1. The van der Waals surface area contributed by atoms with Crippen LogP contribution in [0.5, 0.6) is 0 Å². The van der Waals surface area contributed by atoms with E-state index in [0.717, 1.165) is 11.6 Å². The molecule has 0 aromatic heterocycles. The molecule has 2 aliphatic rings. The maximum absolute atomic E-state index is 9.33. The quantitative estimate of drug-likeness (QED) is 0.932. The molecule has 0 bridgehead atoms. The summed E-state index contributed by atoms with van der Waals surface area (Å²) in [5.41, 5.74) is 6.52.